The van der Waals surface area contributed by atoms with E-state index in [0.29, 0.717) is 6.04 Å². The van der Waals surface area contributed by atoms with Gasteiger partial charge in [0.15, 0.2) is 0 Å². The van der Waals surface area contributed by atoms with Gasteiger partial charge in [-0.2, -0.15) is 0 Å². The van der Waals surface area contributed by atoms with E-state index in [2.05, 4.69) is 24.4 Å². The maximum Gasteiger partial charge on any atom is 0.101 e. The summed E-state index contributed by atoms with van der Waals surface area (Å²) in [6, 6.07) is 2.53. The van der Waals surface area contributed by atoms with E-state index in [9.17, 15) is 0 Å². The number of furan rings is 1. The largest absolute Gasteiger partial charge is 0.469 e. The van der Waals surface area contributed by atoms with Crippen molar-refractivity contribution < 1.29 is 4.42 Å². The molecule has 1 aliphatic carbocycles. The van der Waals surface area contributed by atoms with E-state index in [1.54, 1.807) is 5.57 Å². The third-order valence-electron chi connectivity index (χ3n) is 3.88. The second kappa shape index (κ2) is 7.54. The number of allylic oxidation sites excluding steroid dienone is 1. The maximum absolute atomic E-state index is 5.50. The Morgan fingerprint density at radius 3 is 2.84 bits per heavy atom. The van der Waals surface area contributed by atoms with Crippen LogP contribution < -0.4 is 5.32 Å². The van der Waals surface area contributed by atoms with Gasteiger partial charge in [-0.15, -0.1) is 0 Å². The molecule has 1 unspecified atom stereocenters. The molecular formula is C17H27NO. The summed E-state index contributed by atoms with van der Waals surface area (Å²) >= 11 is 0. The second-order valence-electron chi connectivity index (χ2n) is 5.61. The summed E-state index contributed by atoms with van der Waals surface area (Å²) in [6.07, 6.45) is 13.4. The monoisotopic (exact) mass is 261 g/mol. The molecule has 19 heavy (non-hydrogen) atoms. The third-order valence-corrected chi connectivity index (χ3v) is 3.88. The zero-order chi connectivity index (χ0) is 13.5. The molecule has 0 bridgehead atoms. The lowest BCUT2D eigenvalue weighted by Gasteiger charge is -2.22. The van der Waals surface area contributed by atoms with Gasteiger partial charge in [-0.1, -0.05) is 31.4 Å². The Kier molecular flexibility index (Phi) is 5.71. The first kappa shape index (κ1) is 14.4. The van der Waals surface area contributed by atoms with Crippen molar-refractivity contribution >= 4 is 0 Å². The molecule has 0 amide bonds. The molecule has 1 N–H and O–H groups in total. The maximum atomic E-state index is 5.50. The zero-order valence-electron chi connectivity index (χ0n) is 12.4. The molecule has 0 spiro atoms. The molecule has 2 rings (SSSR count). The van der Waals surface area contributed by atoms with Crippen molar-refractivity contribution in [1.82, 2.24) is 5.32 Å². The molecule has 2 nitrogen and oxygen atoms in total. The van der Waals surface area contributed by atoms with Gasteiger partial charge in [0.05, 0.1) is 12.3 Å². The van der Waals surface area contributed by atoms with Crippen molar-refractivity contribution in [2.75, 3.05) is 6.54 Å². The molecule has 0 aliphatic heterocycles. The van der Waals surface area contributed by atoms with Crippen LogP contribution >= 0.6 is 0 Å². The first-order valence-corrected chi connectivity index (χ1v) is 7.78. The van der Waals surface area contributed by atoms with Gasteiger partial charge in [0.1, 0.15) is 5.76 Å². The summed E-state index contributed by atoms with van der Waals surface area (Å²) in [5.74, 6) is 1.00. The normalized spacial score (nSPS) is 18.5. The smallest absolute Gasteiger partial charge is 0.101 e. The fourth-order valence-corrected chi connectivity index (χ4v) is 2.85. The second-order valence-corrected chi connectivity index (χ2v) is 5.61. The standard InChI is InChI=1S/C17H27NO/c1-3-11-18-17(16-12-14(2)19-13-16)15-9-7-5-4-6-8-10-15/h9,12-13,17-18H,3-8,10-11H2,1-2H3. The van der Waals surface area contributed by atoms with Crippen LogP contribution in [0, 0.1) is 6.92 Å². The SMILES string of the molecule is CCCNC(C1=CCCCCCC1)c1coc(C)c1. The fraction of sp³-hybridized carbons (Fsp3) is 0.647. The highest BCUT2D eigenvalue weighted by Crippen LogP contribution is 2.29. The summed E-state index contributed by atoms with van der Waals surface area (Å²) in [7, 11) is 0. The number of hydrogen-bond donors (Lipinski definition) is 1. The molecule has 1 heterocycles. The van der Waals surface area contributed by atoms with Crippen LogP contribution in [0.25, 0.3) is 0 Å². The van der Waals surface area contributed by atoms with Gasteiger partial charge >= 0.3 is 0 Å². The van der Waals surface area contributed by atoms with E-state index in [1.807, 2.05) is 13.2 Å². The summed E-state index contributed by atoms with van der Waals surface area (Å²) < 4.78 is 5.50. The van der Waals surface area contributed by atoms with Crippen LogP contribution in [0.1, 0.15) is 69.2 Å². The van der Waals surface area contributed by atoms with Crippen molar-refractivity contribution in [3.63, 3.8) is 0 Å². The number of nitrogens with one attached hydrogen (secondary N) is 1. The minimum Gasteiger partial charge on any atom is -0.469 e. The molecular weight excluding hydrogens is 234 g/mol. The molecule has 0 saturated heterocycles. The van der Waals surface area contributed by atoms with E-state index in [-0.39, 0.29) is 0 Å². The van der Waals surface area contributed by atoms with Gasteiger partial charge < -0.3 is 9.73 Å². The Morgan fingerprint density at radius 1 is 1.26 bits per heavy atom. The Labute approximate surface area is 117 Å². The zero-order valence-corrected chi connectivity index (χ0v) is 12.4. The molecule has 0 radical (unpaired) electrons. The van der Waals surface area contributed by atoms with Crippen LogP contribution in [0.4, 0.5) is 0 Å². The van der Waals surface area contributed by atoms with E-state index in [4.69, 9.17) is 4.42 Å². The summed E-state index contributed by atoms with van der Waals surface area (Å²) in [5.41, 5.74) is 2.85. The number of hydrogen-bond acceptors (Lipinski definition) is 2. The molecule has 1 aliphatic rings. The molecule has 1 atom stereocenters. The lowest BCUT2D eigenvalue weighted by molar-refractivity contribution is 0.513. The molecule has 1 aromatic heterocycles. The Balaban J connectivity index is 2.15. The number of rotatable bonds is 5. The highest BCUT2D eigenvalue weighted by molar-refractivity contribution is 5.27. The lowest BCUT2D eigenvalue weighted by atomic mass is 9.92. The van der Waals surface area contributed by atoms with Gasteiger partial charge in [0.2, 0.25) is 0 Å². The Morgan fingerprint density at radius 2 is 2.11 bits per heavy atom. The first-order valence-electron chi connectivity index (χ1n) is 7.78. The highest BCUT2D eigenvalue weighted by atomic mass is 16.3. The van der Waals surface area contributed by atoms with Crippen molar-refractivity contribution in [2.24, 2.45) is 0 Å². The van der Waals surface area contributed by atoms with E-state index < -0.39 is 0 Å². The summed E-state index contributed by atoms with van der Waals surface area (Å²) in [4.78, 5) is 0. The minimum absolute atomic E-state index is 0.357. The van der Waals surface area contributed by atoms with Crippen molar-refractivity contribution in [3.8, 4) is 0 Å². The van der Waals surface area contributed by atoms with Crippen molar-refractivity contribution in [2.45, 2.75) is 64.8 Å². The topological polar surface area (TPSA) is 25.2 Å². The van der Waals surface area contributed by atoms with Crippen molar-refractivity contribution in [1.29, 1.82) is 0 Å². The number of aryl methyl sites for hydroxylation is 1. The van der Waals surface area contributed by atoms with E-state index >= 15 is 0 Å². The Bertz CT molecular complexity index is 405. The minimum atomic E-state index is 0.357. The van der Waals surface area contributed by atoms with Gasteiger partial charge in [0.25, 0.3) is 0 Å². The molecule has 0 fully saturated rings. The predicted octanol–water partition coefficient (Wildman–Crippen LogP) is 4.91. The van der Waals surface area contributed by atoms with Crippen LogP contribution in [0.5, 0.6) is 0 Å². The van der Waals surface area contributed by atoms with Crippen LogP contribution in [0.2, 0.25) is 0 Å². The summed E-state index contributed by atoms with van der Waals surface area (Å²) in [6.45, 7) is 5.30. The first-order chi connectivity index (χ1) is 9.31. The molecule has 2 heteroatoms. The van der Waals surface area contributed by atoms with Gasteiger partial charge in [-0.3, -0.25) is 0 Å². The molecule has 106 valence electrons. The third kappa shape index (κ3) is 4.24. The molecule has 0 aromatic carbocycles. The van der Waals surface area contributed by atoms with Crippen molar-refractivity contribution in [3.05, 3.63) is 35.3 Å². The highest BCUT2D eigenvalue weighted by Gasteiger charge is 2.18. The van der Waals surface area contributed by atoms with Crippen LogP contribution in [0.3, 0.4) is 0 Å². The molecule has 1 aromatic rings. The molecule has 0 saturated carbocycles. The van der Waals surface area contributed by atoms with Gasteiger partial charge in [-0.05, 0) is 51.6 Å². The van der Waals surface area contributed by atoms with Crippen LogP contribution in [-0.2, 0) is 0 Å². The van der Waals surface area contributed by atoms with E-state index in [0.717, 1.165) is 12.3 Å². The average Bonchev–Trinajstić information content (AvgIpc) is 2.78. The van der Waals surface area contributed by atoms with Crippen LogP contribution in [0.15, 0.2) is 28.4 Å². The predicted molar refractivity (Wildman–Crippen MR) is 80.3 cm³/mol. The van der Waals surface area contributed by atoms with Gasteiger partial charge in [-0.25, -0.2) is 0 Å². The van der Waals surface area contributed by atoms with Gasteiger partial charge in [0, 0.05) is 5.56 Å². The Hall–Kier alpha value is -1.02. The average molecular weight is 261 g/mol. The van der Waals surface area contributed by atoms with E-state index in [1.165, 1.54) is 50.5 Å². The van der Waals surface area contributed by atoms with Crippen LogP contribution in [-0.4, -0.2) is 6.54 Å². The quantitative estimate of drug-likeness (QED) is 0.762. The summed E-state index contributed by atoms with van der Waals surface area (Å²) in [5, 5.41) is 3.69. The fourth-order valence-electron chi connectivity index (χ4n) is 2.85. The lowest BCUT2D eigenvalue weighted by Crippen LogP contribution is -2.24.